The number of carbonyl (C=O) groups is 10. The van der Waals surface area contributed by atoms with Gasteiger partial charge in [-0.05, 0) is 116 Å². The fourth-order valence-electron chi connectivity index (χ4n) is 10.1. The summed E-state index contributed by atoms with van der Waals surface area (Å²) in [6.07, 6.45) is 0.257. The molecule has 1 aromatic heterocycles. The maximum atomic E-state index is 12.9. The number of rotatable bonds is 41. The highest BCUT2D eigenvalue weighted by atomic mass is 33.1. The molecular formula is C63H89N5O34P2S2. The summed E-state index contributed by atoms with van der Waals surface area (Å²) in [6, 6.07) is 9.46. The number of esters is 1. The molecule has 1 aliphatic heterocycles. The Bertz CT molecular complexity index is 3500. The first-order valence-electron chi connectivity index (χ1n) is 32.9. The summed E-state index contributed by atoms with van der Waals surface area (Å²) in [6.45, 7) is 4.67. The molecule has 2 aliphatic rings. The molecule has 43 heteroatoms. The zero-order valence-electron chi connectivity index (χ0n) is 58.1. The summed E-state index contributed by atoms with van der Waals surface area (Å²) >= 11 is 0. The smallest absolute Gasteiger partial charge is 0.494 e. The van der Waals surface area contributed by atoms with E-state index in [0.717, 1.165) is 80.2 Å². The molecule has 2 fully saturated rings. The van der Waals surface area contributed by atoms with Gasteiger partial charge in [-0.15, -0.1) is 0 Å². The summed E-state index contributed by atoms with van der Waals surface area (Å²) < 4.78 is 59.6. The Labute approximate surface area is 615 Å². The first kappa shape index (κ1) is 92.9. The molecule has 1 amide bonds. The van der Waals surface area contributed by atoms with Crippen molar-refractivity contribution in [1.82, 2.24) is 14.9 Å². The van der Waals surface area contributed by atoms with Gasteiger partial charge < -0.3 is 88.0 Å². The molecule has 592 valence electrons. The van der Waals surface area contributed by atoms with E-state index in [-0.39, 0.29) is 98.9 Å². The average molecular weight is 1590 g/mol. The van der Waals surface area contributed by atoms with Gasteiger partial charge in [0.05, 0.1) is 48.4 Å². The van der Waals surface area contributed by atoms with E-state index in [0.29, 0.717) is 62.2 Å². The number of nitro groups is 2. The van der Waals surface area contributed by atoms with E-state index in [9.17, 15) is 87.2 Å². The number of ketones is 1. The lowest BCUT2D eigenvalue weighted by molar-refractivity contribution is -0.386. The normalized spacial score (nSPS) is 16.7. The molecule has 2 heterocycles. The zero-order chi connectivity index (χ0) is 79.3. The SMILES string of the molecule is CC(CC(=O)C1CCC(COC(=O)O)CC1)c1cc(OCCCC(=O)OC(=O)O)ccc1[N+](=O)[O-].CC(OC(=O)O)c1cc(CNC(=O)CCCOC(=O)P)ccc1[N+](=O)[O-].CP(=O)(O)OC1CC(n2ccc(=O)[nH]c2=O)OC1COC(=O)O.O=C(O)OCCCCCCSSCCCCCCOC(=O)O. The number of benzene rings is 2. The van der Waals surface area contributed by atoms with Crippen LogP contribution in [0.3, 0.4) is 0 Å². The standard InChI is InChI=1S/C23H29NO11.C15H19N2O8P.C14H26O6S2.C11H15N2O9P/c1-14(11-20(25)16-6-4-15(5-7-16)13-34-22(27)28)18-12-17(8-9-19(18)24(31)32)33-10-2-3-21(26)35-23(29)30;1-9(25-14(19)20)11-7-10(4-5-12(11)17(22)23)8-16-13(18)3-2-6-24-15(21)26;15-13(16)19-9-5-1-3-7-11-21-22-12-8-4-2-6-10-20-14(17)18;1-23(18,19)22-6-4-9(21-7(6)5-20-11(16)17)13-3-2-8(14)12-10(13)15/h8-9,12,14-16H,2-7,10-11,13H2,1H3,(H,27,28)(H,29,30);4-5,7,9H,2-3,6,8,26H2,1H3,(H,16,18)(H,19,20);1-12H2,(H,15,16)(H,17,18);2-3,6-7,9H,4-5H2,1H3,(H,16,17)(H,18,19)(H,12,14,15). The van der Waals surface area contributed by atoms with Gasteiger partial charge >= 0.3 is 61.9 Å². The summed E-state index contributed by atoms with van der Waals surface area (Å²) in [5, 5.41) is 76.0. The van der Waals surface area contributed by atoms with E-state index in [1.807, 2.05) is 35.8 Å². The summed E-state index contributed by atoms with van der Waals surface area (Å²) in [7, 11) is 1.76. The number of Topliss-reactive ketones (excluding diaryl/α,β-unsaturated/α-hetero) is 1. The number of nitrogens with one attached hydrogen (secondary N) is 2. The third-order valence-electron chi connectivity index (χ3n) is 15.1. The van der Waals surface area contributed by atoms with E-state index >= 15 is 0 Å². The first-order chi connectivity index (χ1) is 50.0. The predicted molar refractivity (Wildman–Crippen MR) is 376 cm³/mol. The lowest BCUT2D eigenvalue weighted by atomic mass is 9.78. The molecule has 9 N–H and O–H groups in total. The number of unbranched alkanes of at least 4 members (excludes halogenated alkanes) is 6. The summed E-state index contributed by atoms with van der Waals surface area (Å²) in [5.74, 6) is 0.873. The third-order valence-corrected chi connectivity index (χ3v) is 18.5. The van der Waals surface area contributed by atoms with Gasteiger partial charge in [0, 0.05) is 86.3 Å². The third kappa shape index (κ3) is 42.1. The van der Waals surface area contributed by atoms with E-state index in [2.05, 4.69) is 38.5 Å². The van der Waals surface area contributed by atoms with Gasteiger partial charge in [-0.25, -0.2) is 38.4 Å². The number of carbonyl (C=O) groups excluding carboxylic acids is 4. The Hall–Kier alpha value is -9.14. The zero-order valence-corrected chi connectivity index (χ0v) is 61.8. The molecule has 0 bridgehead atoms. The van der Waals surface area contributed by atoms with Crippen LogP contribution in [0.2, 0.25) is 0 Å². The minimum absolute atomic E-state index is 0.00200. The topological polar surface area (TPSA) is 575 Å². The van der Waals surface area contributed by atoms with Crippen molar-refractivity contribution >= 4 is 110 Å². The molecule has 0 radical (unpaired) electrons. The first-order valence-corrected chi connectivity index (χ1v) is 38.0. The van der Waals surface area contributed by atoms with Crippen LogP contribution in [0.25, 0.3) is 0 Å². The van der Waals surface area contributed by atoms with Crippen molar-refractivity contribution in [1.29, 1.82) is 0 Å². The fourth-order valence-corrected chi connectivity index (χ4v) is 13.3. The largest absolute Gasteiger partial charge is 0.513 e. The predicted octanol–water partition coefficient (Wildman–Crippen LogP) is 11.9. The van der Waals surface area contributed by atoms with E-state index in [1.165, 1.54) is 49.5 Å². The van der Waals surface area contributed by atoms with E-state index in [1.54, 1.807) is 6.92 Å². The van der Waals surface area contributed by atoms with Gasteiger partial charge in [0.25, 0.3) is 16.9 Å². The highest BCUT2D eigenvalue weighted by molar-refractivity contribution is 8.76. The molecule has 3 aromatic rings. The molecule has 2 aromatic carbocycles. The molecule has 39 nitrogen and oxygen atoms in total. The van der Waals surface area contributed by atoms with Gasteiger partial charge in [0.15, 0.2) is 0 Å². The van der Waals surface area contributed by atoms with Gasteiger partial charge in [0.2, 0.25) is 5.91 Å². The molecule has 1 aliphatic carbocycles. The number of amides is 1. The van der Waals surface area contributed by atoms with Gasteiger partial charge in [-0.2, -0.15) is 0 Å². The number of H-pyrrole nitrogens is 1. The second-order valence-electron chi connectivity index (χ2n) is 23.4. The number of hydrogen-bond donors (Lipinski definition) is 9. The van der Waals surface area contributed by atoms with Gasteiger partial charge in [0.1, 0.15) is 42.7 Å². The quantitative estimate of drug-likeness (QED) is 0.00372. The maximum absolute atomic E-state index is 12.9. The van der Waals surface area contributed by atoms with Crippen LogP contribution in [-0.4, -0.2) is 185 Å². The summed E-state index contributed by atoms with van der Waals surface area (Å²) in [4.78, 5) is 164. The lowest BCUT2D eigenvalue weighted by Crippen LogP contribution is -2.32. The molecule has 106 heavy (non-hydrogen) atoms. The van der Waals surface area contributed by atoms with Crippen LogP contribution in [0.15, 0.2) is 58.3 Å². The van der Waals surface area contributed by atoms with Crippen molar-refractivity contribution in [3.8, 4) is 5.75 Å². The molecule has 1 saturated heterocycles. The minimum atomic E-state index is -3.87. The molecule has 7 atom stereocenters. The number of carboxylic acid groups (broad SMARTS) is 6. The van der Waals surface area contributed by atoms with Crippen LogP contribution < -0.4 is 21.3 Å². The number of aromatic nitrogens is 2. The Kier molecular flexibility index (Phi) is 44.8. The Balaban J connectivity index is 0.000000489. The van der Waals surface area contributed by atoms with Gasteiger partial charge in [-0.1, -0.05) is 60.3 Å². The summed E-state index contributed by atoms with van der Waals surface area (Å²) in [5.41, 5.74) is -1.21. The monoisotopic (exact) mass is 1590 g/mol. The van der Waals surface area contributed by atoms with Crippen LogP contribution in [0, 0.1) is 32.1 Å². The Morgan fingerprint density at radius 1 is 0.679 bits per heavy atom. The Morgan fingerprint density at radius 3 is 1.76 bits per heavy atom. The van der Waals surface area contributed by atoms with Crippen molar-refractivity contribution in [2.75, 3.05) is 57.8 Å². The van der Waals surface area contributed by atoms with Crippen LogP contribution in [0.1, 0.15) is 164 Å². The van der Waals surface area contributed by atoms with Crippen molar-refractivity contribution in [3.63, 3.8) is 0 Å². The van der Waals surface area contributed by atoms with E-state index in [4.69, 9.17) is 44.6 Å². The molecule has 1 saturated carbocycles. The highest BCUT2D eigenvalue weighted by Gasteiger charge is 2.41. The second kappa shape index (κ2) is 51.2. The van der Waals surface area contributed by atoms with Crippen molar-refractivity contribution < 1.29 is 145 Å². The number of ether oxygens (including phenoxy) is 9. The second-order valence-corrected chi connectivity index (χ2v) is 28.4. The van der Waals surface area contributed by atoms with Crippen molar-refractivity contribution in [2.24, 2.45) is 11.8 Å². The van der Waals surface area contributed by atoms with Crippen LogP contribution in [-0.2, 0) is 67.9 Å². The minimum Gasteiger partial charge on any atom is -0.494 e. The Morgan fingerprint density at radius 2 is 1.23 bits per heavy atom. The number of nitro benzene ring substituents is 2. The fraction of sp³-hybridized carbons (Fsp3) is 0.587. The number of aromatic amines is 1. The maximum Gasteiger partial charge on any atom is 0.513 e. The van der Waals surface area contributed by atoms with Gasteiger partial charge in [-0.3, -0.25) is 53.5 Å². The molecular weight excluding hydrogens is 1500 g/mol. The van der Waals surface area contributed by atoms with Crippen LogP contribution in [0.4, 0.5) is 44.9 Å². The molecule has 5 rings (SSSR count). The highest BCUT2D eigenvalue weighted by Crippen LogP contribution is 2.44. The van der Waals surface area contributed by atoms with Crippen molar-refractivity contribution in [2.45, 2.75) is 166 Å². The lowest BCUT2D eigenvalue weighted by Gasteiger charge is -2.27. The number of nitrogens with zero attached hydrogens (tertiary/aromatic N) is 3. The average Bonchev–Trinajstić information content (AvgIpc) is 1.61. The molecule has 7 unspecified atom stereocenters. The number of hydrogen-bond acceptors (Lipinski definition) is 29. The molecule has 0 spiro atoms. The van der Waals surface area contributed by atoms with Crippen LogP contribution in [0.5, 0.6) is 5.75 Å². The van der Waals surface area contributed by atoms with E-state index < -0.39 is 114 Å². The van der Waals surface area contributed by atoms with Crippen molar-refractivity contribution in [3.05, 3.63) is 106 Å². The van der Waals surface area contributed by atoms with Crippen LogP contribution >= 0.6 is 38.4 Å².